The predicted molar refractivity (Wildman–Crippen MR) is 34.2 cm³/mol. The van der Waals surface area contributed by atoms with Gasteiger partial charge in [0.1, 0.15) is 6.17 Å². The fourth-order valence-corrected chi connectivity index (χ4v) is 0.827. The van der Waals surface area contributed by atoms with E-state index in [1.165, 1.54) is 0 Å². The van der Waals surface area contributed by atoms with E-state index in [0.29, 0.717) is 6.42 Å². The van der Waals surface area contributed by atoms with E-state index in [0.717, 1.165) is 6.54 Å². The summed E-state index contributed by atoms with van der Waals surface area (Å²) >= 11 is 0. The Balaban J connectivity index is 0.000000490. The van der Waals surface area contributed by atoms with Gasteiger partial charge in [0.2, 0.25) is 0 Å². The van der Waals surface area contributed by atoms with Crippen LogP contribution in [0.3, 0.4) is 0 Å². The lowest BCUT2D eigenvalue weighted by Gasteiger charge is -2.01. The molecule has 0 spiro atoms. The molecule has 0 bridgehead atoms. The molecule has 1 N–H and O–H groups in total. The smallest absolute Gasteiger partial charge is 0.116 e. The van der Waals surface area contributed by atoms with Crippen LogP contribution in [-0.2, 0) is 0 Å². The topological polar surface area (TPSA) is 12.0 Å². The van der Waals surface area contributed by atoms with Crippen LogP contribution in [0.15, 0.2) is 0 Å². The van der Waals surface area contributed by atoms with Crippen LogP contribution < -0.4 is 5.32 Å². The molecule has 0 aromatic heterocycles. The first kappa shape index (κ1) is 8.18. The second-order valence-electron chi connectivity index (χ2n) is 2.05. The standard InChI is InChI=1S/C5H10FN.ClH/c1-4-5(6)2-3-7-4;/h4-5,7H,2-3H2,1H3;1H. The Morgan fingerprint density at radius 1 is 1.62 bits per heavy atom. The van der Waals surface area contributed by atoms with Crippen molar-refractivity contribution >= 4 is 12.4 Å². The van der Waals surface area contributed by atoms with Gasteiger partial charge in [-0.05, 0) is 19.9 Å². The number of hydrogen-bond acceptors (Lipinski definition) is 1. The molecule has 2 unspecified atom stereocenters. The normalized spacial score (nSPS) is 36.8. The highest BCUT2D eigenvalue weighted by molar-refractivity contribution is 5.85. The fraction of sp³-hybridized carbons (Fsp3) is 1.00. The Hall–Kier alpha value is 0.180. The third-order valence-corrected chi connectivity index (χ3v) is 1.43. The SMILES string of the molecule is CC1NCCC1F.Cl. The summed E-state index contributed by atoms with van der Waals surface area (Å²) < 4.78 is 12.3. The maximum atomic E-state index is 12.3. The molecule has 0 radical (unpaired) electrons. The van der Waals surface area contributed by atoms with Crippen molar-refractivity contribution in [2.24, 2.45) is 0 Å². The van der Waals surface area contributed by atoms with Gasteiger partial charge in [-0.15, -0.1) is 12.4 Å². The lowest BCUT2D eigenvalue weighted by Crippen LogP contribution is -2.23. The minimum absolute atomic E-state index is 0. The molecular formula is C5H11ClFN. The minimum atomic E-state index is -0.597. The van der Waals surface area contributed by atoms with Gasteiger partial charge in [0.25, 0.3) is 0 Å². The minimum Gasteiger partial charge on any atom is -0.311 e. The number of hydrogen-bond donors (Lipinski definition) is 1. The highest BCUT2D eigenvalue weighted by Crippen LogP contribution is 2.08. The number of rotatable bonds is 0. The van der Waals surface area contributed by atoms with E-state index < -0.39 is 6.17 Å². The van der Waals surface area contributed by atoms with Crippen molar-refractivity contribution in [3.05, 3.63) is 0 Å². The summed E-state index contributed by atoms with van der Waals surface area (Å²) in [5.41, 5.74) is 0. The molecule has 0 amide bonds. The van der Waals surface area contributed by atoms with Crippen LogP contribution in [0, 0.1) is 0 Å². The molecule has 0 aromatic carbocycles. The molecule has 1 fully saturated rings. The van der Waals surface area contributed by atoms with E-state index in [9.17, 15) is 4.39 Å². The third-order valence-electron chi connectivity index (χ3n) is 1.43. The van der Waals surface area contributed by atoms with Gasteiger partial charge < -0.3 is 5.32 Å². The Bertz CT molecular complexity index is 61.4. The van der Waals surface area contributed by atoms with Crippen LogP contribution in [-0.4, -0.2) is 18.8 Å². The van der Waals surface area contributed by atoms with E-state index >= 15 is 0 Å². The van der Waals surface area contributed by atoms with Gasteiger partial charge in [-0.1, -0.05) is 0 Å². The first-order chi connectivity index (χ1) is 3.30. The van der Waals surface area contributed by atoms with Crippen LogP contribution in [0.2, 0.25) is 0 Å². The number of alkyl halides is 1. The highest BCUT2D eigenvalue weighted by atomic mass is 35.5. The first-order valence-corrected chi connectivity index (χ1v) is 2.68. The molecule has 1 heterocycles. The second-order valence-corrected chi connectivity index (χ2v) is 2.05. The van der Waals surface area contributed by atoms with E-state index in [1.807, 2.05) is 6.92 Å². The van der Waals surface area contributed by atoms with Gasteiger partial charge in [0.15, 0.2) is 0 Å². The van der Waals surface area contributed by atoms with Crippen LogP contribution in [0.4, 0.5) is 4.39 Å². The lowest BCUT2D eigenvalue weighted by atomic mass is 10.2. The molecule has 50 valence electrons. The Morgan fingerprint density at radius 2 is 2.25 bits per heavy atom. The van der Waals surface area contributed by atoms with Crippen LogP contribution in [0.1, 0.15) is 13.3 Å². The Morgan fingerprint density at radius 3 is 2.38 bits per heavy atom. The zero-order chi connectivity index (χ0) is 5.28. The largest absolute Gasteiger partial charge is 0.311 e. The van der Waals surface area contributed by atoms with Crippen molar-refractivity contribution < 1.29 is 4.39 Å². The van der Waals surface area contributed by atoms with Crippen molar-refractivity contribution in [2.45, 2.75) is 25.6 Å². The van der Waals surface area contributed by atoms with Crippen molar-refractivity contribution in [2.75, 3.05) is 6.54 Å². The van der Waals surface area contributed by atoms with Gasteiger partial charge in [0.05, 0.1) is 0 Å². The van der Waals surface area contributed by atoms with Gasteiger partial charge in [-0.2, -0.15) is 0 Å². The molecular weight excluding hydrogens is 129 g/mol. The van der Waals surface area contributed by atoms with Crippen LogP contribution in [0.5, 0.6) is 0 Å². The molecule has 0 aromatic rings. The van der Waals surface area contributed by atoms with Gasteiger partial charge in [-0.3, -0.25) is 0 Å². The van der Waals surface area contributed by atoms with Gasteiger partial charge >= 0.3 is 0 Å². The van der Waals surface area contributed by atoms with Gasteiger partial charge in [-0.25, -0.2) is 4.39 Å². The van der Waals surface area contributed by atoms with E-state index in [4.69, 9.17) is 0 Å². The van der Waals surface area contributed by atoms with Crippen molar-refractivity contribution in [1.29, 1.82) is 0 Å². The second kappa shape index (κ2) is 3.25. The molecule has 3 heteroatoms. The molecule has 1 aliphatic heterocycles. The van der Waals surface area contributed by atoms with Gasteiger partial charge in [0, 0.05) is 6.04 Å². The third kappa shape index (κ3) is 1.60. The summed E-state index contributed by atoms with van der Waals surface area (Å²) in [4.78, 5) is 0. The van der Waals surface area contributed by atoms with Crippen LogP contribution >= 0.6 is 12.4 Å². The Labute approximate surface area is 55.1 Å². The molecule has 1 nitrogen and oxygen atoms in total. The summed E-state index contributed by atoms with van der Waals surface area (Å²) in [6, 6.07) is 0.0972. The molecule has 1 rings (SSSR count). The van der Waals surface area contributed by atoms with E-state index in [2.05, 4.69) is 5.32 Å². The molecule has 0 saturated carbocycles. The number of nitrogens with one attached hydrogen (secondary N) is 1. The van der Waals surface area contributed by atoms with Crippen LogP contribution in [0.25, 0.3) is 0 Å². The monoisotopic (exact) mass is 139 g/mol. The van der Waals surface area contributed by atoms with Crippen molar-refractivity contribution in [1.82, 2.24) is 5.32 Å². The average molecular weight is 140 g/mol. The summed E-state index contributed by atoms with van der Waals surface area (Å²) in [5, 5.41) is 2.99. The molecule has 1 saturated heterocycles. The first-order valence-electron chi connectivity index (χ1n) is 2.68. The quantitative estimate of drug-likeness (QED) is 0.531. The summed E-state index contributed by atoms with van der Waals surface area (Å²) in [6.07, 6.45) is 0.0984. The lowest BCUT2D eigenvalue weighted by molar-refractivity contribution is 0.313. The zero-order valence-electron chi connectivity index (χ0n) is 4.86. The predicted octanol–water partition coefficient (Wildman–Crippen LogP) is 1.13. The molecule has 8 heavy (non-hydrogen) atoms. The number of halogens is 2. The summed E-state index contributed by atoms with van der Waals surface area (Å²) in [7, 11) is 0. The molecule has 2 atom stereocenters. The average Bonchev–Trinajstić information content (AvgIpc) is 1.91. The molecule has 0 aliphatic carbocycles. The van der Waals surface area contributed by atoms with E-state index in [1.54, 1.807) is 0 Å². The summed E-state index contributed by atoms with van der Waals surface area (Å²) in [5.74, 6) is 0. The Kier molecular flexibility index (Phi) is 3.33. The van der Waals surface area contributed by atoms with Crippen molar-refractivity contribution in [3.8, 4) is 0 Å². The maximum absolute atomic E-state index is 12.3. The molecule has 1 aliphatic rings. The highest BCUT2D eigenvalue weighted by Gasteiger charge is 2.20. The maximum Gasteiger partial charge on any atom is 0.116 e. The zero-order valence-corrected chi connectivity index (χ0v) is 5.67. The fourth-order valence-electron chi connectivity index (χ4n) is 0.827. The van der Waals surface area contributed by atoms with E-state index in [-0.39, 0.29) is 18.4 Å². The van der Waals surface area contributed by atoms with Crippen molar-refractivity contribution in [3.63, 3.8) is 0 Å². The summed E-state index contributed by atoms with van der Waals surface area (Å²) in [6.45, 7) is 2.72.